The Morgan fingerprint density at radius 1 is 1.11 bits per heavy atom. The molecule has 1 fully saturated rings. The number of nitrogen functional groups attached to an aromatic ring is 1. The number of rotatable bonds is 3. The number of hydrogen-bond acceptors (Lipinski definition) is 3. The van der Waals surface area contributed by atoms with E-state index in [-0.39, 0.29) is 29.8 Å². The van der Waals surface area contributed by atoms with Crippen LogP contribution in [0.4, 0.5) is 20.2 Å². The van der Waals surface area contributed by atoms with Gasteiger partial charge in [0, 0.05) is 36.4 Å². The van der Waals surface area contributed by atoms with Crippen molar-refractivity contribution in [2.24, 2.45) is 5.92 Å². The first-order chi connectivity index (χ1) is 12.8. The van der Waals surface area contributed by atoms with Crippen LogP contribution in [0, 0.1) is 24.5 Å². The largest absolute Gasteiger partial charge is 0.399 e. The summed E-state index contributed by atoms with van der Waals surface area (Å²) >= 11 is 0. The van der Waals surface area contributed by atoms with Gasteiger partial charge in [-0.1, -0.05) is 6.07 Å². The van der Waals surface area contributed by atoms with Gasteiger partial charge in [0.15, 0.2) is 0 Å². The molecule has 8 heteroatoms. The minimum Gasteiger partial charge on any atom is -0.399 e. The van der Waals surface area contributed by atoms with Gasteiger partial charge in [0.25, 0.3) is 5.91 Å². The Bertz CT molecular complexity index is 884. The van der Waals surface area contributed by atoms with E-state index in [2.05, 4.69) is 5.32 Å². The lowest BCUT2D eigenvalue weighted by Gasteiger charge is -2.31. The van der Waals surface area contributed by atoms with E-state index in [0.29, 0.717) is 43.4 Å². The molecule has 3 rings (SSSR count). The molecular weight excluding hydrogens is 388 g/mol. The smallest absolute Gasteiger partial charge is 0.256 e. The van der Waals surface area contributed by atoms with Crippen molar-refractivity contribution < 1.29 is 18.4 Å². The fourth-order valence-electron chi connectivity index (χ4n) is 3.19. The summed E-state index contributed by atoms with van der Waals surface area (Å²) in [5.74, 6) is -2.46. The van der Waals surface area contributed by atoms with Crippen molar-refractivity contribution in [2.75, 3.05) is 24.1 Å². The molecular formula is C20H22ClF2N3O2. The maximum Gasteiger partial charge on any atom is 0.256 e. The number of piperidine rings is 1. The highest BCUT2D eigenvalue weighted by atomic mass is 35.5. The molecule has 3 N–H and O–H groups in total. The molecule has 0 bridgehead atoms. The molecule has 28 heavy (non-hydrogen) atoms. The zero-order valence-corrected chi connectivity index (χ0v) is 16.2. The number of carbonyl (C=O) groups excluding carboxylic acids is 2. The first-order valence-corrected chi connectivity index (χ1v) is 8.76. The van der Waals surface area contributed by atoms with E-state index in [9.17, 15) is 18.4 Å². The van der Waals surface area contributed by atoms with E-state index < -0.39 is 17.5 Å². The lowest BCUT2D eigenvalue weighted by molar-refractivity contribution is -0.121. The molecule has 1 saturated heterocycles. The van der Waals surface area contributed by atoms with Gasteiger partial charge in [-0.2, -0.15) is 0 Å². The van der Waals surface area contributed by atoms with Gasteiger partial charge in [-0.3, -0.25) is 9.59 Å². The van der Waals surface area contributed by atoms with Crippen LogP contribution in [0.15, 0.2) is 36.4 Å². The highest BCUT2D eigenvalue weighted by molar-refractivity contribution is 5.96. The third-order valence-electron chi connectivity index (χ3n) is 4.83. The molecule has 0 saturated carbocycles. The van der Waals surface area contributed by atoms with Crippen molar-refractivity contribution >= 4 is 35.6 Å². The van der Waals surface area contributed by atoms with Gasteiger partial charge in [-0.05, 0) is 49.6 Å². The van der Waals surface area contributed by atoms with Gasteiger partial charge >= 0.3 is 0 Å². The van der Waals surface area contributed by atoms with E-state index >= 15 is 0 Å². The topological polar surface area (TPSA) is 75.4 Å². The maximum absolute atomic E-state index is 13.8. The second-order valence-electron chi connectivity index (χ2n) is 6.75. The van der Waals surface area contributed by atoms with Gasteiger partial charge in [0.1, 0.15) is 11.6 Å². The average Bonchev–Trinajstić information content (AvgIpc) is 2.64. The summed E-state index contributed by atoms with van der Waals surface area (Å²) in [7, 11) is 0. The number of likely N-dealkylation sites (tertiary alicyclic amines) is 1. The standard InChI is InChI=1S/C20H21F2N3O2.ClH/c1-12-2-4-15(23)11-18(12)24-19(26)13-6-8-25(9-7-13)20(27)16-5-3-14(21)10-17(16)22;/h2-5,10-11,13H,6-9,23H2,1H3,(H,24,26);1H. The minimum absolute atomic E-state index is 0. The normalized spacial score (nSPS) is 14.3. The van der Waals surface area contributed by atoms with E-state index in [1.807, 2.05) is 13.0 Å². The summed E-state index contributed by atoms with van der Waals surface area (Å²) in [6.45, 7) is 2.56. The maximum atomic E-state index is 13.8. The predicted molar refractivity (Wildman–Crippen MR) is 106 cm³/mol. The van der Waals surface area contributed by atoms with E-state index in [1.165, 1.54) is 4.90 Å². The molecule has 2 aromatic carbocycles. The number of benzene rings is 2. The van der Waals surface area contributed by atoms with Gasteiger partial charge in [-0.25, -0.2) is 8.78 Å². The molecule has 1 heterocycles. The number of aryl methyl sites for hydroxylation is 1. The number of halogens is 3. The molecule has 0 atom stereocenters. The Balaban J connectivity index is 0.00000280. The third kappa shape index (κ3) is 4.78. The summed E-state index contributed by atoms with van der Waals surface area (Å²) < 4.78 is 26.8. The van der Waals surface area contributed by atoms with Crippen LogP contribution in [0.25, 0.3) is 0 Å². The Hall–Kier alpha value is -2.67. The highest BCUT2D eigenvalue weighted by Crippen LogP contribution is 2.24. The molecule has 5 nitrogen and oxygen atoms in total. The summed E-state index contributed by atoms with van der Waals surface area (Å²) in [5, 5.41) is 2.89. The zero-order valence-electron chi connectivity index (χ0n) is 15.4. The number of amides is 2. The van der Waals surface area contributed by atoms with E-state index in [4.69, 9.17) is 5.73 Å². The number of carbonyl (C=O) groups is 2. The first kappa shape index (κ1) is 21.6. The van der Waals surface area contributed by atoms with Crippen LogP contribution in [0.3, 0.4) is 0 Å². The van der Waals surface area contributed by atoms with Gasteiger partial charge in [0.2, 0.25) is 5.91 Å². The Morgan fingerprint density at radius 3 is 2.43 bits per heavy atom. The molecule has 150 valence electrons. The molecule has 1 aliphatic rings. The monoisotopic (exact) mass is 409 g/mol. The van der Waals surface area contributed by atoms with E-state index in [0.717, 1.165) is 17.7 Å². The first-order valence-electron chi connectivity index (χ1n) is 8.76. The van der Waals surface area contributed by atoms with Crippen molar-refractivity contribution in [3.8, 4) is 0 Å². The van der Waals surface area contributed by atoms with Crippen LogP contribution in [0.1, 0.15) is 28.8 Å². The lowest BCUT2D eigenvalue weighted by Crippen LogP contribution is -2.41. The molecule has 0 aromatic heterocycles. The van der Waals surface area contributed by atoms with Crippen LogP contribution < -0.4 is 11.1 Å². The van der Waals surface area contributed by atoms with Crippen LogP contribution in [0.5, 0.6) is 0 Å². The number of nitrogens with zero attached hydrogens (tertiary/aromatic N) is 1. The van der Waals surface area contributed by atoms with Crippen LogP contribution in [0.2, 0.25) is 0 Å². The van der Waals surface area contributed by atoms with Crippen LogP contribution in [-0.4, -0.2) is 29.8 Å². The Labute approximate surface area is 168 Å². The van der Waals surface area contributed by atoms with Crippen molar-refractivity contribution in [1.82, 2.24) is 4.90 Å². The molecule has 1 aliphatic heterocycles. The van der Waals surface area contributed by atoms with Crippen LogP contribution >= 0.6 is 12.4 Å². The second-order valence-corrected chi connectivity index (χ2v) is 6.75. The molecule has 2 amide bonds. The molecule has 2 aromatic rings. The van der Waals surface area contributed by atoms with Gasteiger partial charge in [0.05, 0.1) is 5.56 Å². The molecule has 0 unspecified atom stereocenters. The van der Waals surface area contributed by atoms with Crippen molar-refractivity contribution in [3.05, 3.63) is 59.2 Å². The summed E-state index contributed by atoms with van der Waals surface area (Å²) in [6, 6.07) is 8.22. The Morgan fingerprint density at radius 2 is 1.79 bits per heavy atom. The van der Waals surface area contributed by atoms with Crippen molar-refractivity contribution in [2.45, 2.75) is 19.8 Å². The van der Waals surface area contributed by atoms with Gasteiger partial charge in [-0.15, -0.1) is 12.4 Å². The van der Waals surface area contributed by atoms with Crippen molar-refractivity contribution in [3.63, 3.8) is 0 Å². The predicted octanol–water partition coefficient (Wildman–Crippen LogP) is 3.77. The lowest BCUT2D eigenvalue weighted by atomic mass is 9.95. The zero-order chi connectivity index (χ0) is 19.6. The number of nitrogens with one attached hydrogen (secondary N) is 1. The molecule has 0 radical (unpaired) electrons. The highest BCUT2D eigenvalue weighted by Gasteiger charge is 2.29. The minimum atomic E-state index is -0.878. The van der Waals surface area contributed by atoms with Gasteiger partial charge < -0.3 is 16.0 Å². The third-order valence-corrected chi connectivity index (χ3v) is 4.83. The van der Waals surface area contributed by atoms with Crippen LogP contribution in [-0.2, 0) is 4.79 Å². The fraction of sp³-hybridized carbons (Fsp3) is 0.300. The molecule has 0 aliphatic carbocycles. The number of hydrogen-bond donors (Lipinski definition) is 2. The summed E-state index contributed by atoms with van der Waals surface area (Å²) in [4.78, 5) is 26.4. The van der Waals surface area contributed by atoms with E-state index in [1.54, 1.807) is 12.1 Å². The SMILES string of the molecule is Cc1ccc(N)cc1NC(=O)C1CCN(C(=O)c2ccc(F)cc2F)CC1.Cl. The average molecular weight is 410 g/mol. The number of nitrogens with two attached hydrogens (primary N) is 1. The summed E-state index contributed by atoms with van der Waals surface area (Å²) in [5.41, 5.74) is 7.76. The Kier molecular flexibility index (Phi) is 6.96. The quantitative estimate of drug-likeness (QED) is 0.758. The second kappa shape index (κ2) is 9.01. The van der Waals surface area contributed by atoms with Crippen molar-refractivity contribution in [1.29, 1.82) is 0 Å². The fourth-order valence-corrected chi connectivity index (χ4v) is 3.19. The molecule has 0 spiro atoms. The summed E-state index contributed by atoms with van der Waals surface area (Å²) in [6.07, 6.45) is 0.948. The number of anilines is 2.